The maximum atomic E-state index is 8.75. The summed E-state index contributed by atoms with van der Waals surface area (Å²) >= 11 is 5.01. The summed E-state index contributed by atoms with van der Waals surface area (Å²) in [5, 5.41) is 9.81. The lowest BCUT2D eigenvalue weighted by Gasteiger charge is -2.15. The van der Waals surface area contributed by atoms with Crippen molar-refractivity contribution in [2.45, 2.75) is 0 Å². The van der Waals surface area contributed by atoms with Crippen molar-refractivity contribution >= 4 is 38.1 Å². The highest BCUT2D eigenvalue weighted by atomic mass is 79.9. The Hall–Kier alpha value is -1.45. The maximum absolute atomic E-state index is 8.75. The molecular weight excluding hydrogens is 288 g/mol. The molecular formula is C10H7BrN4S. The summed E-state index contributed by atoms with van der Waals surface area (Å²) in [6.07, 6.45) is 1.40. The molecule has 2 aromatic heterocycles. The van der Waals surface area contributed by atoms with Crippen LogP contribution in [0.3, 0.4) is 0 Å². The van der Waals surface area contributed by atoms with E-state index in [1.54, 1.807) is 17.4 Å². The Bertz CT molecular complexity index is 546. The van der Waals surface area contributed by atoms with Crippen molar-refractivity contribution in [1.29, 1.82) is 5.26 Å². The Morgan fingerprint density at radius 2 is 2.25 bits per heavy atom. The summed E-state index contributed by atoms with van der Waals surface area (Å²) in [6.45, 7) is 0. The smallest absolute Gasteiger partial charge is 0.145 e. The average molecular weight is 295 g/mol. The van der Waals surface area contributed by atoms with E-state index in [0.29, 0.717) is 11.5 Å². The molecule has 0 radical (unpaired) electrons. The summed E-state index contributed by atoms with van der Waals surface area (Å²) in [4.78, 5) is 9.88. The van der Waals surface area contributed by atoms with Crippen LogP contribution in [0.4, 0.5) is 10.8 Å². The van der Waals surface area contributed by atoms with E-state index >= 15 is 0 Å². The molecule has 0 N–H and O–H groups in total. The first-order valence-electron chi connectivity index (χ1n) is 4.42. The standard InChI is InChI=1S/C10H7BrN4S/c1-15(10-3-2-8(11)16-10)9-4-7(5-12)13-6-14-9/h2-4,6H,1H3. The van der Waals surface area contributed by atoms with Gasteiger partial charge in [0, 0.05) is 13.1 Å². The fourth-order valence-corrected chi connectivity index (χ4v) is 2.52. The molecule has 0 aliphatic rings. The molecule has 6 heteroatoms. The van der Waals surface area contributed by atoms with Crippen molar-refractivity contribution in [2.24, 2.45) is 0 Å². The lowest BCUT2D eigenvalue weighted by molar-refractivity contribution is 1.07. The highest BCUT2D eigenvalue weighted by Crippen LogP contribution is 2.32. The van der Waals surface area contributed by atoms with Crippen LogP contribution in [0.5, 0.6) is 0 Å². The fraction of sp³-hybridized carbons (Fsp3) is 0.100. The van der Waals surface area contributed by atoms with Gasteiger partial charge in [0.15, 0.2) is 0 Å². The average Bonchev–Trinajstić information content (AvgIpc) is 2.75. The number of nitrogens with zero attached hydrogens (tertiary/aromatic N) is 4. The molecule has 2 rings (SSSR count). The van der Waals surface area contributed by atoms with E-state index in [4.69, 9.17) is 5.26 Å². The first-order valence-corrected chi connectivity index (χ1v) is 6.03. The number of hydrogen-bond donors (Lipinski definition) is 0. The molecule has 0 aliphatic carbocycles. The molecule has 0 saturated carbocycles. The number of halogens is 1. The van der Waals surface area contributed by atoms with E-state index in [0.717, 1.165) is 8.79 Å². The third-order valence-corrected chi connectivity index (χ3v) is 3.70. The third kappa shape index (κ3) is 2.21. The van der Waals surface area contributed by atoms with Crippen LogP contribution in [-0.4, -0.2) is 17.0 Å². The molecule has 0 amide bonds. The summed E-state index contributed by atoms with van der Waals surface area (Å²) in [7, 11) is 1.90. The molecule has 4 nitrogen and oxygen atoms in total. The van der Waals surface area contributed by atoms with Crippen LogP contribution in [-0.2, 0) is 0 Å². The minimum Gasteiger partial charge on any atom is -0.321 e. The molecule has 2 aromatic rings. The summed E-state index contributed by atoms with van der Waals surface area (Å²) < 4.78 is 1.06. The monoisotopic (exact) mass is 294 g/mol. The minimum absolute atomic E-state index is 0.368. The molecule has 0 aliphatic heterocycles. The van der Waals surface area contributed by atoms with Crippen LogP contribution in [0, 0.1) is 11.3 Å². The Kier molecular flexibility index (Phi) is 3.17. The second-order valence-corrected chi connectivity index (χ2v) is 5.45. The van der Waals surface area contributed by atoms with Gasteiger partial charge in [0.1, 0.15) is 23.9 Å². The second-order valence-electron chi connectivity index (χ2n) is 3.01. The van der Waals surface area contributed by atoms with Gasteiger partial charge in [-0.05, 0) is 28.1 Å². The van der Waals surface area contributed by atoms with E-state index in [1.165, 1.54) is 6.33 Å². The van der Waals surface area contributed by atoms with Crippen molar-refractivity contribution in [3.8, 4) is 6.07 Å². The lowest BCUT2D eigenvalue weighted by Crippen LogP contribution is -2.10. The molecule has 0 fully saturated rings. The van der Waals surface area contributed by atoms with Gasteiger partial charge >= 0.3 is 0 Å². The van der Waals surface area contributed by atoms with E-state index in [2.05, 4.69) is 25.9 Å². The third-order valence-electron chi connectivity index (χ3n) is 2.00. The fourth-order valence-electron chi connectivity index (χ4n) is 1.19. The normalized spacial score (nSPS) is 9.81. The van der Waals surface area contributed by atoms with Gasteiger partial charge in [-0.3, -0.25) is 0 Å². The van der Waals surface area contributed by atoms with Crippen molar-refractivity contribution in [2.75, 3.05) is 11.9 Å². The Labute approximate surface area is 105 Å². The molecule has 0 unspecified atom stereocenters. The van der Waals surface area contributed by atoms with E-state index in [1.807, 2.05) is 30.1 Å². The van der Waals surface area contributed by atoms with E-state index < -0.39 is 0 Å². The summed E-state index contributed by atoms with van der Waals surface area (Å²) in [6, 6.07) is 7.62. The number of nitriles is 1. The zero-order valence-corrected chi connectivity index (χ0v) is 10.8. The van der Waals surface area contributed by atoms with Gasteiger partial charge in [0.05, 0.1) is 8.79 Å². The molecule has 0 spiro atoms. The van der Waals surface area contributed by atoms with Gasteiger partial charge in [-0.2, -0.15) is 5.26 Å². The highest BCUT2D eigenvalue weighted by Gasteiger charge is 2.08. The number of rotatable bonds is 2. The molecule has 0 saturated heterocycles. The van der Waals surface area contributed by atoms with Crippen molar-refractivity contribution in [1.82, 2.24) is 9.97 Å². The molecule has 80 valence electrons. The van der Waals surface area contributed by atoms with Crippen molar-refractivity contribution in [3.05, 3.63) is 34.0 Å². The van der Waals surface area contributed by atoms with Crippen molar-refractivity contribution < 1.29 is 0 Å². The second kappa shape index (κ2) is 4.60. The zero-order chi connectivity index (χ0) is 11.5. The van der Waals surface area contributed by atoms with Crippen LogP contribution in [0.15, 0.2) is 28.3 Å². The molecule has 2 heterocycles. The lowest BCUT2D eigenvalue weighted by atomic mass is 10.4. The van der Waals surface area contributed by atoms with Crippen LogP contribution < -0.4 is 4.90 Å². The predicted octanol–water partition coefficient (Wildman–Crippen LogP) is 2.94. The first-order chi connectivity index (χ1) is 7.70. The molecule has 0 bridgehead atoms. The highest BCUT2D eigenvalue weighted by molar-refractivity contribution is 9.11. The van der Waals surface area contributed by atoms with Gasteiger partial charge in [-0.15, -0.1) is 11.3 Å². The van der Waals surface area contributed by atoms with Crippen LogP contribution >= 0.6 is 27.3 Å². The van der Waals surface area contributed by atoms with E-state index in [-0.39, 0.29) is 0 Å². The quantitative estimate of drug-likeness (QED) is 0.854. The van der Waals surface area contributed by atoms with Gasteiger partial charge in [-0.1, -0.05) is 0 Å². The number of anilines is 2. The van der Waals surface area contributed by atoms with Gasteiger partial charge < -0.3 is 4.90 Å². The predicted molar refractivity (Wildman–Crippen MR) is 66.8 cm³/mol. The van der Waals surface area contributed by atoms with Crippen molar-refractivity contribution in [3.63, 3.8) is 0 Å². The van der Waals surface area contributed by atoms with Crippen LogP contribution in [0.25, 0.3) is 0 Å². The summed E-state index contributed by atoms with van der Waals surface area (Å²) in [5.41, 5.74) is 0.368. The zero-order valence-electron chi connectivity index (χ0n) is 8.38. The Morgan fingerprint density at radius 1 is 1.44 bits per heavy atom. The largest absolute Gasteiger partial charge is 0.321 e. The van der Waals surface area contributed by atoms with Gasteiger partial charge in [0.25, 0.3) is 0 Å². The number of thiophene rings is 1. The molecule has 0 atom stereocenters. The molecule has 16 heavy (non-hydrogen) atoms. The van der Waals surface area contributed by atoms with Gasteiger partial charge in [0.2, 0.25) is 0 Å². The first kappa shape index (κ1) is 11.0. The Balaban J connectivity index is 2.34. The Morgan fingerprint density at radius 3 is 2.88 bits per heavy atom. The minimum atomic E-state index is 0.368. The van der Waals surface area contributed by atoms with Crippen LogP contribution in [0.1, 0.15) is 5.69 Å². The SMILES string of the molecule is CN(c1cc(C#N)ncn1)c1ccc(Br)s1. The maximum Gasteiger partial charge on any atom is 0.145 e. The van der Waals surface area contributed by atoms with Gasteiger partial charge in [-0.25, -0.2) is 9.97 Å². The van der Waals surface area contributed by atoms with E-state index in [9.17, 15) is 0 Å². The topological polar surface area (TPSA) is 52.8 Å². The number of aromatic nitrogens is 2. The van der Waals surface area contributed by atoms with Crippen LogP contribution in [0.2, 0.25) is 0 Å². The summed E-state index contributed by atoms with van der Waals surface area (Å²) in [5.74, 6) is 0.709. The number of hydrogen-bond acceptors (Lipinski definition) is 5. The molecule has 0 aromatic carbocycles.